The molecule has 4 rings (SSSR count). The Kier molecular flexibility index (Phi) is 3.78. The van der Waals surface area contributed by atoms with Crippen LogP contribution in [0, 0.1) is 5.82 Å². The van der Waals surface area contributed by atoms with Crippen molar-refractivity contribution in [3.8, 4) is 11.3 Å². The predicted molar refractivity (Wildman–Crippen MR) is 91.4 cm³/mol. The Morgan fingerprint density at radius 2 is 1.96 bits per heavy atom. The fourth-order valence-electron chi connectivity index (χ4n) is 2.71. The summed E-state index contributed by atoms with van der Waals surface area (Å²) in [5.41, 5.74) is 2.32. The maximum Gasteiger partial charge on any atom is 0.253 e. The van der Waals surface area contributed by atoms with Gasteiger partial charge in [0.05, 0.1) is 17.7 Å². The summed E-state index contributed by atoms with van der Waals surface area (Å²) < 4.78 is 18.9. The molecule has 25 heavy (non-hydrogen) atoms. The highest BCUT2D eigenvalue weighted by molar-refractivity contribution is 6.06. The molecule has 124 valence electrons. The summed E-state index contributed by atoms with van der Waals surface area (Å²) in [5.74, 6) is -0.268. The van der Waals surface area contributed by atoms with Crippen molar-refractivity contribution in [2.75, 3.05) is 0 Å². The highest BCUT2D eigenvalue weighted by atomic mass is 19.1. The topological polar surface area (TPSA) is 70.9 Å². The van der Waals surface area contributed by atoms with Gasteiger partial charge in [0, 0.05) is 23.2 Å². The Balaban J connectivity index is 1.49. The number of rotatable bonds is 4. The molecular weight excluding hydrogens is 321 g/mol. The van der Waals surface area contributed by atoms with Crippen molar-refractivity contribution in [3.05, 3.63) is 77.9 Å². The number of carbonyl (C=O) groups is 1. The molecule has 4 aromatic rings. The standard InChI is InChI=1S/C19H14FN3O2/c20-16-7-3-1-6-14(16)18-9-12(23-25-18)10-22-19(24)15-11-21-17-8-4-2-5-13(15)17/h1-9,11,21H,10H2,(H,22,24). The van der Waals surface area contributed by atoms with E-state index in [2.05, 4.69) is 15.5 Å². The average Bonchev–Trinajstić information content (AvgIpc) is 3.27. The van der Waals surface area contributed by atoms with Crippen LogP contribution in [0.25, 0.3) is 22.2 Å². The number of fused-ring (bicyclic) bond motifs is 1. The molecule has 0 fully saturated rings. The summed E-state index contributed by atoms with van der Waals surface area (Å²) in [6.07, 6.45) is 1.67. The SMILES string of the molecule is O=C(NCc1cc(-c2ccccc2F)on1)c1c[nH]c2ccccc12. The van der Waals surface area contributed by atoms with Gasteiger partial charge in [0.15, 0.2) is 5.76 Å². The van der Waals surface area contributed by atoms with E-state index in [4.69, 9.17) is 4.52 Å². The number of para-hydroxylation sites is 1. The van der Waals surface area contributed by atoms with Crippen LogP contribution in [-0.4, -0.2) is 16.0 Å². The minimum absolute atomic E-state index is 0.191. The second-order valence-electron chi connectivity index (χ2n) is 5.59. The van der Waals surface area contributed by atoms with E-state index < -0.39 is 0 Å². The lowest BCUT2D eigenvalue weighted by molar-refractivity contribution is 0.0952. The molecule has 6 heteroatoms. The minimum atomic E-state index is -0.381. The van der Waals surface area contributed by atoms with Crippen molar-refractivity contribution >= 4 is 16.8 Å². The number of benzene rings is 2. The fourth-order valence-corrected chi connectivity index (χ4v) is 2.71. The second-order valence-corrected chi connectivity index (χ2v) is 5.59. The van der Waals surface area contributed by atoms with Crippen LogP contribution in [0.4, 0.5) is 4.39 Å². The first-order chi connectivity index (χ1) is 12.2. The molecule has 2 heterocycles. The van der Waals surface area contributed by atoms with Crippen LogP contribution in [0.15, 0.2) is 65.3 Å². The summed E-state index contributed by atoms with van der Waals surface area (Å²) in [6, 6.07) is 15.5. The third-order valence-corrected chi connectivity index (χ3v) is 3.96. The molecule has 0 spiro atoms. The average molecular weight is 335 g/mol. The summed E-state index contributed by atoms with van der Waals surface area (Å²) in [7, 11) is 0. The molecule has 2 aromatic carbocycles. The molecule has 1 amide bonds. The van der Waals surface area contributed by atoms with E-state index in [9.17, 15) is 9.18 Å². The molecule has 0 aliphatic heterocycles. The van der Waals surface area contributed by atoms with Gasteiger partial charge in [-0.3, -0.25) is 4.79 Å². The molecule has 0 unspecified atom stereocenters. The molecule has 2 aromatic heterocycles. The number of carbonyl (C=O) groups excluding carboxylic acids is 1. The summed E-state index contributed by atoms with van der Waals surface area (Å²) >= 11 is 0. The molecule has 0 aliphatic carbocycles. The summed E-state index contributed by atoms with van der Waals surface area (Å²) in [4.78, 5) is 15.4. The monoisotopic (exact) mass is 335 g/mol. The lowest BCUT2D eigenvalue weighted by Crippen LogP contribution is -2.22. The molecular formula is C19H14FN3O2. The van der Waals surface area contributed by atoms with E-state index in [1.165, 1.54) is 6.07 Å². The van der Waals surface area contributed by atoms with Crippen molar-refractivity contribution in [1.29, 1.82) is 0 Å². The first kappa shape index (κ1) is 15.1. The van der Waals surface area contributed by atoms with Crippen LogP contribution in [0.5, 0.6) is 0 Å². The lowest BCUT2D eigenvalue weighted by Gasteiger charge is -2.01. The van der Waals surface area contributed by atoms with E-state index >= 15 is 0 Å². The second kappa shape index (κ2) is 6.24. The van der Waals surface area contributed by atoms with Crippen molar-refractivity contribution in [2.24, 2.45) is 0 Å². The maximum absolute atomic E-state index is 13.8. The van der Waals surface area contributed by atoms with Crippen LogP contribution in [0.1, 0.15) is 16.1 Å². The number of aromatic amines is 1. The van der Waals surface area contributed by atoms with Gasteiger partial charge in [0.1, 0.15) is 11.5 Å². The molecule has 5 nitrogen and oxygen atoms in total. The Morgan fingerprint density at radius 3 is 2.84 bits per heavy atom. The molecule has 0 atom stereocenters. The Labute approximate surface area is 142 Å². The lowest BCUT2D eigenvalue weighted by atomic mass is 10.1. The first-order valence-electron chi connectivity index (χ1n) is 7.77. The normalized spacial score (nSPS) is 10.9. The quantitative estimate of drug-likeness (QED) is 0.594. The number of halogens is 1. The molecule has 0 radical (unpaired) electrons. The van der Waals surface area contributed by atoms with Crippen LogP contribution >= 0.6 is 0 Å². The third kappa shape index (κ3) is 2.89. The van der Waals surface area contributed by atoms with Gasteiger partial charge in [0.2, 0.25) is 0 Å². The van der Waals surface area contributed by atoms with Crippen molar-refractivity contribution in [3.63, 3.8) is 0 Å². The zero-order valence-electron chi connectivity index (χ0n) is 13.1. The van der Waals surface area contributed by atoms with Gasteiger partial charge >= 0.3 is 0 Å². The first-order valence-corrected chi connectivity index (χ1v) is 7.77. The van der Waals surface area contributed by atoms with Crippen molar-refractivity contribution in [2.45, 2.75) is 6.54 Å². The van der Waals surface area contributed by atoms with Gasteiger partial charge in [-0.05, 0) is 18.2 Å². The van der Waals surface area contributed by atoms with E-state index in [-0.39, 0.29) is 18.3 Å². The third-order valence-electron chi connectivity index (χ3n) is 3.96. The van der Waals surface area contributed by atoms with Gasteiger partial charge in [0.25, 0.3) is 5.91 Å². The van der Waals surface area contributed by atoms with Gasteiger partial charge in [-0.15, -0.1) is 0 Å². The molecule has 0 saturated heterocycles. The van der Waals surface area contributed by atoms with Crippen LogP contribution < -0.4 is 5.32 Å². The van der Waals surface area contributed by atoms with Crippen LogP contribution in [0.3, 0.4) is 0 Å². The number of hydrogen-bond acceptors (Lipinski definition) is 3. The van der Waals surface area contributed by atoms with E-state index in [0.717, 1.165) is 10.9 Å². The zero-order valence-corrected chi connectivity index (χ0v) is 13.1. The summed E-state index contributed by atoms with van der Waals surface area (Å²) in [5, 5.41) is 7.54. The number of amides is 1. The summed E-state index contributed by atoms with van der Waals surface area (Å²) in [6.45, 7) is 0.191. The Hall–Kier alpha value is -3.41. The largest absolute Gasteiger partial charge is 0.360 e. The maximum atomic E-state index is 13.8. The highest BCUT2D eigenvalue weighted by Crippen LogP contribution is 2.23. The zero-order chi connectivity index (χ0) is 17.2. The Bertz CT molecular complexity index is 1050. The van der Waals surface area contributed by atoms with Crippen LogP contribution in [0.2, 0.25) is 0 Å². The number of hydrogen-bond donors (Lipinski definition) is 2. The number of aromatic nitrogens is 2. The van der Waals surface area contributed by atoms with Crippen molar-refractivity contribution < 1.29 is 13.7 Å². The number of H-pyrrole nitrogens is 1. The number of nitrogens with zero attached hydrogens (tertiary/aromatic N) is 1. The molecule has 2 N–H and O–H groups in total. The minimum Gasteiger partial charge on any atom is -0.360 e. The molecule has 0 aliphatic rings. The fraction of sp³-hybridized carbons (Fsp3) is 0.0526. The smallest absolute Gasteiger partial charge is 0.253 e. The predicted octanol–water partition coefficient (Wildman–Crippen LogP) is 3.89. The van der Waals surface area contributed by atoms with E-state index in [0.29, 0.717) is 22.6 Å². The van der Waals surface area contributed by atoms with Gasteiger partial charge < -0.3 is 14.8 Å². The van der Waals surface area contributed by atoms with Gasteiger partial charge in [-0.25, -0.2) is 4.39 Å². The highest BCUT2D eigenvalue weighted by Gasteiger charge is 2.14. The van der Waals surface area contributed by atoms with Gasteiger partial charge in [-0.1, -0.05) is 35.5 Å². The van der Waals surface area contributed by atoms with Gasteiger partial charge in [-0.2, -0.15) is 0 Å². The van der Waals surface area contributed by atoms with Crippen molar-refractivity contribution in [1.82, 2.24) is 15.5 Å². The van der Waals surface area contributed by atoms with Crippen LogP contribution in [-0.2, 0) is 6.54 Å². The Morgan fingerprint density at radius 1 is 1.16 bits per heavy atom. The van der Waals surface area contributed by atoms with E-state index in [1.54, 1.807) is 30.5 Å². The van der Waals surface area contributed by atoms with E-state index in [1.807, 2.05) is 24.3 Å². The number of nitrogens with one attached hydrogen (secondary N) is 2. The molecule has 0 saturated carbocycles. The molecule has 0 bridgehead atoms.